The molecule has 0 atom stereocenters. The molecule has 0 aliphatic carbocycles. The summed E-state index contributed by atoms with van der Waals surface area (Å²) in [6, 6.07) is 20.4. The molecule has 0 aliphatic heterocycles. The van der Waals surface area contributed by atoms with E-state index in [1.54, 1.807) is 13.2 Å². The molecule has 0 unspecified atom stereocenters. The lowest BCUT2D eigenvalue weighted by atomic mass is 9.96. The molecule has 6 nitrogen and oxygen atoms in total. The van der Waals surface area contributed by atoms with Gasteiger partial charge in [0.05, 0.1) is 31.2 Å². The summed E-state index contributed by atoms with van der Waals surface area (Å²) >= 11 is 1.47. The molecule has 3 aromatic carbocycles. The third kappa shape index (κ3) is 4.28. The van der Waals surface area contributed by atoms with Crippen LogP contribution in [0.25, 0.3) is 33.0 Å². The fraction of sp³-hybridized carbons (Fsp3) is 0.0833. The summed E-state index contributed by atoms with van der Waals surface area (Å²) in [5.41, 5.74) is 7.59. The van der Waals surface area contributed by atoms with E-state index in [1.807, 2.05) is 66.0 Å². The number of carboxylic acid groups (broad SMARTS) is 1. The van der Waals surface area contributed by atoms with E-state index < -0.39 is 5.97 Å². The quantitative estimate of drug-likeness (QED) is 0.358. The third-order valence-electron chi connectivity index (χ3n) is 4.82. The molecule has 2 N–H and O–H groups in total. The molecule has 0 aliphatic rings. The van der Waals surface area contributed by atoms with E-state index in [-0.39, 0.29) is 5.56 Å². The smallest absolute Gasteiger partial charge is 0.336 e. The van der Waals surface area contributed by atoms with Crippen molar-refractivity contribution in [2.45, 2.75) is 0 Å². The SMILES string of the molecule is CONc1ccccc1-c1ccc(-c2nc(-c3ccc(OC)cc3)cs2)cc1C(=O)O. The summed E-state index contributed by atoms with van der Waals surface area (Å²) in [7, 11) is 3.14. The molecule has 0 amide bonds. The fourth-order valence-electron chi connectivity index (χ4n) is 3.31. The second-order valence-corrected chi connectivity index (χ2v) is 7.54. The lowest BCUT2D eigenvalue weighted by Gasteiger charge is -2.13. The Hall–Kier alpha value is -3.68. The van der Waals surface area contributed by atoms with Crippen LogP contribution in [0.2, 0.25) is 0 Å². The highest BCUT2D eigenvalue weighted by Crippen LogP contribution is 2.35. The molecule has 0 bridgehead atoms. The number of aromatic carboxylic acids is 1. The number of aromatic nitrogens is 1. The maximum absolute atomic E-state index is 12.1. The van der Waals surface area contributed by atoms with Gasteiger partial charge in [-0.05, 0) is 42.0 Å². The average Bonchev–Trinajstić information content (AvgIpc) is 3.30. The predicted octanol–water partition coefficient (Wildman–Crippen LogP) is 5.82. The van der Waals surface area contributed by atoms with Crippen molar-refractivity contribution < 1.29 is 19.5 Å². The number of carboxylic acids is 1. The van der Waals surface area contributed by atoms with Crippen molar-refractivity contribution in [3.63, 3.8) is 0 Å². The van der Waals surface area contributed by atoms with E-state index in [2.05, 4.69) is 5.48 Å². The number of para-hydroxylation sites is 1. The summed E-state index contributed by atoms with van der Waals surface area (Å²) in [6.45, 7) is 0. The molecule has 0 saturated carbocycles. The van der Waals surface area contributed by atoms with E-state index in [0.717, 1.165) is 33.1 Å². The molecule has 1 aromatic heterocycles. The summed E-state index contributed by atoms with van der Waals surface area (Å²) in [5.74, 6) is -0.222. The van der Waals surface area contributed by atoms with E-state index >= 15 is 0 Å². The van der Waals surface area contributed by atoms with E-state index in [0.29, 0.717) is 11.3 Å². The zero-order valence-electron chi connectivity index (χ0n) is 17.0. The van der Waals surface area contributed by atoms with Crippen molar-refractivity contribution >= 4 is 23.0 Å². The Labute approximate surface area is 183 Å². The maximum Gasteiger partial charge on any atom is 0.336 e. The monoisotopic (exact) mass is 432 g/mol. The minimum absolute atomic E-state index is 0.198. The van der Waals surface area contributed by atoms with Crippen molar-refractivity contribution in [1.82, 2.24) is 4.98 Å². The normalized spacial score (nSPS) is 10.6. The summed E-state index contributed by atoms with van der Waals surface area (Å²) in [4.78, 5) is 21.8. The van der Waals surface area contributed by atoms with Crippen molar-refractivity contribution in [3.8, 4) is 38.7 Å². The number of benzene rings is 3. The second kappa shape index (κ2) is 8.99. The second-order valence-electron chi connectivity index (χ2n) is 6.68. The molecule has 31 heavy (non-hydrogen) atoms. The first-order valence-electron chi connectivity index (χ1n) is 9.46. The van der Waals surface area contributed by atoms with Gasteiger partial charge in [-0.15, -0.1) is 11.3 Å². The van der Waals surface area contributed by atoms with Crippen LogP contribution in [0.4, 0.5) is 5.69 Å². The van der Waals surface area contributed by atoms with Crippen LogP contribution in [-0.4, -0.2) is 30.3 Å². The maximum atomic E-state index is 12.1. The van der Waals surface area contributed by atoms with Gasteiger partial charge in [0.15, 0.2) is 0 Å². The Bertz CT molecular complexity index is 1220. The number of nitrogens with zero attached hydrogens (tertiary/aromatic N) is 1. The van der Waals surface area contributed by atoms with Crippen LogP contribution >= 0.6 is 11.3 Å². The summed E-state index contributed by atoms with van der Waals surface area (Å²) in [5, 5.41) is 12.6. The first-order valence-corrected chi connectivity index (χ1v) is 10.3. The van der Waals surface area contributed by atoms with Gasteiger partial charge in [-0.3, -0.25) is 10.3 Å². The Morgan fingerprint density at radius 1 is 0.968 bits per heavy atom. The molecule has 0 spiro atoms. The molecule has 0 saturated heterocycles. The van der Waals surface area contributed by atoms with Crippen molar-refractivity contribution in [2.24, 2.45) is 0 Å². The van der Waals surface area contributed by atoms with Gasteiger partial charge in [0, 0.05) is 22.1 Å². The van der Waals surface area contributed by atoms with Crippen molar-refractivity contribution in [1.29, 1.82) is 0 Å². The number of hydrogen-bond acceptors (Lipinski definition) is 6. The van der Waals surface area contributed by atoms with Crippen LogP contribution in [-0.2, 0) is 4.84 Å². The van der Waals surface area contributed by atoms with Gasteiger partial charge in [-0.1, -0.05) is 30.3 Å². The van der Waals surface area contributed by atoms with Gasteiger partial charge < -0.3 is 9.84 Å². The van der Waals surface area contributed by atoms with E-state index in [1.165, 1.54) is 18.4 Å². The number of anilines is 1. The van der Waals surface area contributed by atoms with Crippen molar-refractivity contribution in [2.75, 3.05) is 19.7 Å². The predicted molar refractivity (Wildman–Crippen MR) is 123 cm³/mol. The molecule has 156 valence electrons. The van der Waals surface area contributed by atoms with Crippen LogP contribution < -0.4 is 10.2 Å². The number of thiazole rings is 1. The van der Waals surface area contributed by atoms with E-state index in [4.69, 9.17) is 14.6 Å². The Kier molecular flexibility index (Phi) is 5.97. The number of methoxy groups -OCH3 is 1. The fourth-order valence-corrected chi connectivity index (χ4v) is 4.13. The first kappa shape index (κ1) is 20.6. The average molecular weight is 433 g/mol. The minimum atomic E-state index is -1.00. The molecule has 7 heteroatoms. The third-order valence-corrected chi connectivity index (χ3v) is 5.71. The van der Waals surface area contributed by atoms with Crippen LogP contribution in [0.5, 0.6) is 5.75 Å². The number of ether oxygens (including phenoxy) is 1. The number of nitrogens with one attached hydrogen (secondary N) is 1. The summed E-state index contributed by atoms with van der Waals surface area (Å²) in [6.07, 6.45) is 0. The van der Waals surface area contributed by atoms with Gasteiger partial charge in [0.25, 0.3) is 0 Å². The Morgan fingerprint density at radius 2 is 1.71 bits per heavy atom. The Balaban J connectivity index is 1.72. The highest BCUT2D eigenvalue weighted by Gasteiger charge is 2.17. The molecule has 0 fully saturated rings. The van der Waals surface area contributed by atoms with Gasteiger partial charge >= 0.3 is 5.97 Å². The molecular formula is C24H20N2O4S. The molecule has 4 aromatic rings. The van der Waals surface area contributed by atoms with Crippen molar-refractivity contribution in [3.05, 3.63) is 77.7 Å². The lowest BCUT2D eigenvalue weighted by Crippen LogP contribution is -2.03. The van der Waals surface area contributed by atoms with Crippen LogP contribution in [0.1, 0.15) is 10.4 Å². The van der Waals surface area contributed by atoms with Gasteiger partial charge in [0.2, 0.25) is 0 Å². The zero-order valence-corrected chi connectivity index (χ0v) is 17.8. The lowest BCUT2D eigenvalue weighted by molar-refractivity contribution is 0.0698. The zero-order chi connectivity index (χ0) is 21.8. The molecule has 0 radical (unpaired) electrons. The van der Waals surface area contributed by atoms with Gasteiger partial charge in [-0.25, -0.2) is 9.78 Å². The molecule has 4 rings (SSSR count). The first-order chi connectivity index (χ1) is 15.1. The van der Waals surface area contributed by atoms with Crippen LogP contribution in [0.3, 0.4) is 0 Å². The highest BCUT2D eigenvalue weighted by molar-refractivity contribution is 7.13. The Morgan fingerprint density at radius 3 is 2.42 bits per heavy atom. The van der Waals surface area contributed by atoms with Crippen LogP contribution in [0, 0.1) is 0 Å². The number of hydrogen-bond donors (Lipinski definition) is 2. The topological polar surface area (TPSA) is 80.7 Å². The van der Waals surface area contributed by atoms with Crippen LogP contribution in [0.15, 0.2) is 72.1 Å². The highest BCUT2D eigenvalue weighted by atomic mass is 32.1. The number of rotatable bonds is 7. The summed E-state index contributed by atoms with van der Waals surface area (Å²) < 4.78 is 5.20. The van der Waals surface area contributed by atoms with Gasteiger partial charge in [-0.2, -0.15) is 0 Å². The van der Waals surface area contributed by atoms with Gasteiger partial charge in [0.1, 0.15) is 10.8 Å². The minimum Gasteiger partial charge on any atom is -0.497 e. The molecular weight excluding hydrogens is 412 g/mol. The van der Waals surface area contributed by atoms with E-state index in [9.17, 15) is 9.90 Å². The number of carbonyl (C=O) groups is 1. The molecule has 1 heterocycles. The largest absolute Gasteiger partial charge is 0.497 e. The standard InChI is InChI=1S/C24H20N2O4S/c1-29-17-10-7-15(8-11-17)22-14-31-23(25-22)16-9-12-18(20(13-16)24(27)28)19-5-3-4-6-21(19)26-30-2/h3-14,26H,1-2H3,(H,27,28).